The van der Waals surface area contributed by atoms with Crippen molar-refractivity contribution in [3.8, 4) is 0 Å². The van der Waals surface area contributed by atoms with Crippen molar-refractivity contribution in [2.45, 2.75) is 89.9 Å². The smallest absolute Gasteiger partial charge is 0.246 e. The number of hydrogen-bond acceptors (Lipinski definition) is 4. The van der Waals surface area contributed by atoms with E-state index < -0.39 is 30.1 Å². The predicted molar refractivity (Wildman–Crippen MR) is 142 cm³/mol. The van der Waals surface area contributed by atoms with Gasteiger partial charge in [0.1, 0.15) is 24.2 Å². The molecular formula is C28H39N5O4. The molecule has 37 heavy (non-hydrogen) atoms. The number of fused-ring (bicyclic) bond motifs is 2. The molecule has 0 unspecified atom stereocenters. The number of rotatable bonds is 7. The van der Waals surface area contributed by atoms with E-state index in [0.717, 1.165) is 29.3 Å². The van der Waals surface area contributed by atoms with Crippen molar-refractivity contribution in [1.82, 2.24) is 25.8 Å². The zero-order valence-corrected chi connectivity index (χ0v) is 22.0. The Kier molecular flexibility index (Phi) is 8.51. The van der Waals surface area contributed by atoms with E-state index in [1.165, 1.54) is 0 Å². The van der Waals surface area contributed by atoms with Crippen LogP contribution in [0.2, 0.25) is 0 Å². The summed E-state index contributed by atoms with van der Waals surface area (Å²) in [7, 11) is 0. The van der Waals surface area contributed by atoms with Gasteiger partial charge < -0.3 is 25.8 Å². The van der Waals surface area contributed by atoms with Crippen molar-refractivity contribution >= 4 is 34.5 Å². The Morgan fingerprint density at radius 3 is 2.46 bits per heavy atom. The van der Waals surface area contributed by atoms with Crippen molar-refractivity contribution in [3.63, 3.8) is 0 Å². The van der Waals surface area contributed by atoms with Crippen LogP contribution in [0.1, 0.15) is 64.9 Å². The molecule has 2 fully saturated rings. The minimum Gasteiger partial charge on any atom is -0.361 e. The average Bonchev–Trinajstić information content (AvgIpc) is 3.55. The highest BCUT2D eigenvalue weighted by Gasteiger charge is 2.41. The van der Waals surface area contributed by atoms with Crippen molar-refractivity contribution in [1.29, 1.82) is 0 Å². The summed E-state index contributed by atoms with van der Waals surface area (Å²) in [5.74, 6) is -1.44. The van der Waals surface area contributed by atoms with Crippen LogP contribution in [0.4, 0.5) is 0 Å². The number of carbonyl (C=O) groups is 4. The number of nitrogens with zero attached hydrogens (tertiary/aromatic N) is 1. The number of benzene rings is 1. The van der Waals surface area contributed by atoms with Crippen molar-refractivity contribution in [2.24, 2.45) is 5.92 Å². The number of unbranched alkanes of at least 4 members (excludes halogenated alkanes) is 1. The summed E-state index contributed by atoms with van der Waals surface area (Å²) in [6.07, 6.45) is 6.12. The fourth-order valence-corrected chi connectivity index (χ4v) is 5.37. The van der Waals surface area contributed by atoms with Crippen LogP contribution in [0.3, 0.4) is 0 Å². The molecule has 0 spiro atoms. The van der Waals surface area contributed by atoms with E-state index >= 15 is 0 Å². The number of H-pyrrole nitrogens is 1. The van der Waals surface area contributed by atoms with Crippen LogP contribution in [0.25, 0.3) is 10.9 Å². The first-order chi connectivity index (χ1) is 17.8. The third-order valence-corrected chi connectivity index (χ3v) is 7.83. The normalized spacial score (nSPS) is 26.1. The predicted octanol–water partition coefficient (Wildman–Crippen LogP) is 2.41. The van der Waals surface area contributed by atoms with Crippen LogP contribution in [0.5, 0.6) is 0 Å². The molecule has 2 aromatic rings. The Bertz CT molecular complexity index is 1140. The van der Waals surface area contributed by atoms with Crippen LogP contribution < -0.4 is 16.0 Å². The molecule has 0 saturated carbocycles. The number of para-hydroxylation sites is 1. The molecule has 1 aromatic carbocycles. The monoisotopic (exact) mass is 509 g/mol. The number of aromatic nitrogens is 1. The number of amides is 4. The summed E-state index contributed by atoms with van der Waals surface area (Å²) >= 11 is 0. The van der Waals surface area contributed by atoms with Crippen LogP contribution in [-0.2, 0) is 25.6 Å². The molecule has 2 aliphatic rings. The summed E-state index contributed by atoms with van der Waals surface area (Å²) in [6.45, 7) is 6.38. The lowest BCUT2D eigenvalue weighted by Crippen LogP contribution is -2.62. The van der Waals surface area contributed by atoms with Crippen LogP contribution >= 0.6 is 0 Å². The van der Waals surface area contributed by atoms with Gasteiger partial charge in [0, 0.05) is 30.1 Å². The van der Waals surface area contributed by atoms with Crippen LogP contribution in [0, 0.1) is 5.92 Å². The van der Waals surface area contributed by atoms with Crippen molar-refractivity contribution < 1.29 is 19.2 Å². The maximum atomic E-state index is 13.7. The zero-order chi connectivity index (χ0) is 26.5. The second kappa shape index (κ2) is 11.8. The summed E-state index contributed by atoms with van der Waals surface area (Å²) in [4.78, 5) is 59.0. The molecule has 4 rings (SSSR count). The van der Waals surface area contributed by atoms with E-state index in [0.29, 0.717) is 32.2 Å². The molecule has 1 aromatic heterocycles. The van der Waals surface area contributed by atoms with Gasteiger partial charge >= 0.3 is 0 Å². The average molecular weight is 510 g/mol. The van der Waals surface area contributed by atoms with Gasteiger partial charge in [0.15, 0.2) is 0 Å². The first-order valence-corrected chi connectivity index (χ1v) is 13.6. The molecule has 3 heterocycles. The highest BCUT2D eigenvalue weighted by atomic mass is 16.2. The summed E-state index contributed by atoms with van der Waals surface area (Å²) < 4.78 is 0. The quantitative estimate of drug-likeness (QED) is 0.458. The molecule has 9 heteroatoms. The molecule has 4 amide bonds. The van der Waals surface area contributed by atoms with Crippen molar-refractivity contribution in [3.05, 3.63) is 36.0 Å². The number of hydrogen-bond donors (Lipinski definition) is 4. The number of carbonyl (C=O) groups excluding carboxylic acids is 4. The maximum Gasteiger partial charge on any atom is 0.246 e. The van der Waals surface area contributed by atoms with E-state index in [9.17, 15) is 19.2 Å². The van der Waals surface area contributed by atoms with E-state index in [-0.39, 0.29) is 30.1 Å². The lowest BCUT2D eigenvalue weighted by Gasteiger charge is -2.34. The fourth-order valence-electron chi connectivity index (χ4n) is 5.37. The number of nitrogens with one attached hydrogen (secondary N) is 4. The van der Waals surface area contributed by atoms with E-state index in [1.807, 2.05) is 51.2 Å². The van der Waals surface area contributed by atoms with E-state index in [1.54, 1.807) is 4.90 Å². The molecule has 9 nitrogen and oxygen atoms in total. The zero-order valence-electron chi connectivity index (χ0n) is 22.0. The lowest BCUT2D eigenvalue weighted by atomic mass is 9.95. The van der Waals surface area contributed by atoms with Gasteiger partial charge in [-0.1, -0.05) is 58.2 Å². The summed E-state index contributed by atoms with van der Waals surface area (Å²) in [5, 5.41) is 9.76. The third-order valence-electron chi connectivity index (χ3n) is 7.83. The molecule has 4 N–H and O–H groups in total. The lowest BCUT2D eigenvalue weighted by molar-refractivity contribution is -0.144. The Morgan fingerprint density at radius 2 is 1.70 bits per heavy atom. The van der Waals surface area contributed by atoms with Gasteiger partial charge in [0.25, 0.3) is 0 Å². The first-order valence-electron chi connectivity index (χ1n) is 13.6. The fraction of sp³-hybridized carbons (Fsp3) is 0.571. The second-order valence-electron chi connectivity index (χ2n) is 10.4. The molecule has 5 atom stereocenters. The summed E-state index contributed by atoms with van der Waals surface area (Å²) in [6, 6.07) is 4.71. The molecule has 0 aliphatic carbocycles. The molecule has 2 aliphatic heterocycles. The molecule has 0 radical (unpaired) electrons. The topological polar surface area (TPSA) is 123 Å². The highest BCUT2D eigenvalue weighted by Crippen LogP contribution is 2.23. The van der Waals surface area contributed by atoms with Crippen LogP contribution in [-0.4, -0.2) is 64.2 Å². The summed E-state index contributed by atoms with van der Waals surface area (Å²) in [5.41, 5.74) is 1.83. The maximum absolute atomic E-state index is 13.7. The standard InChI is InChI=1S/C28H39N5O4/c1-4-6-11-21-25(34)31-22(15-18-16-29-20-12-8-7-10-19(18)20)26(35)32-24(17(3)5-2)28(37)33-14-9-13-23(33)27(36)30-21/h7-8,10,12,16-17,21-24,29H,4-6,9,11,13-15H2,1-3H3,(H,30,36)(H,31,34)(H,32,35)/t17-,21+,22+,23-,24+/m1/s1. The van der Waals surface area contributed by atoms with Gasteiger partial charge in [0.05, 0.1) is 0 Å². The Balaban J connectivity index is 1.69. The van der Waals surface area contributed by atoms with Gasteiger partial charge in [-0.05, 0) is 36.8 Å². The minimum atomic E-state index is -0.902. The molecule has 2 saturated heterocycles. The molecule has 0 bridgehead atoms. The van der Waals surface area contributed by atoms with Crippen molar-refractivity contribution in [2.75, 3.05) is 6.54 Å². The Hall–Kier alpha value is -3.36. The highest BCUT2D eigenvalue weighted by molar-refractivity contribution is 5.98. The van der Waals surface area contributed by atoms with Crippen LogP contribution in [0.15, 0.2) is 30.5 Å². The van der Waals surface area contributed by atoms with Gasteiger partial charge in [0.2, 0.25) is 23.6 Å². The van der Waals surface area contributed by atoms with Gasteiger partial charge in [-0.3, -0.25) is 19.2 Å². The van der Waals surface area contributed by atoms with Gasteiger partial charge in [-0.15, -0.1) is 0 Å². The second-order valence-corrected chi connectivity index (χ2v) is 10.4. The first kappa shape index (κ1) is 26.7. The Morgan fingerprint density at radius 1 is 0.973 bits per heavy atom. The van der Waals surface area contributed by atoms with E-state index in [4.69, 9.17) is 0 Å². The van der Waals surface area contributed by atoms with Gasteiger partial charge in [-0.2, -0.15) is 0 Å². The Labute approximate surface area is 218 Å². The minimum absolute atomic E-state index is 0.134. The number of aromatic amines is 1. The molecule has 200 valence electrons. The largest absolute Gasteiger partial charge is 0.361 e. The van der Waals surface area contributed by atoms with E-state index in [2.05, 4.69) is 20.9 Å². The SMILES string of the molecule is CCCC[C@@H]1NC(=O)[C@H]2CCCN2C(=O)[C@H]([C@H](C)CC)NC(=O)[C@H](Cc2c[nH]c3ccccc23)NC1=O. The van der Waals surface area contributed by atoms with Gasteiger partial charge in [-0.25, -0.2) is 0 Å². The third kappa shape index (κ3) is 5.81. The molecular weight excluding hydrogens is 470 g/mol.